The summed E-state index contributed by atoms with van der Waals surface area (Å²) in [5, 5.41) is 11.1. The van der Waals surface area contributed by atoms with Crippen LogP contribution in [0, 0.1) is 6.92 Å². The predicted molar refractivity (Wildman–Crippen MR) is 86.0 cm³/mol. The second-order valence-corrected chi connectivity index (χ2v) is 5.68. The minimum Gasteiger partial charge on any atom is -0.384 e. The van der Waals surface area contributed by atoms with Gasteiger partial charge in [0.2, 0.25) is 0 Å². The molecule has 0 fully saturated rings. The number of carbonyl (C=O) groups is 1. The van der Waals surface area contributed by atoms with Crippen LogP contribution in [-0.2, 0) is 0 Å². The lowest BCUT2D eigenvalue weighted by atomic mass is 9.87. The zero-order valence-corrected chi connectivity index (χ0v) is 13.0. The molecule has 0 radical (unpaired) electrons. The van der Waals surface area contributed by atoms with Crippen molar-refractivity contribution in [2.24, 2.45) is 0 Å². The topological polar surface area (TPSA) is 37.3 Å². The molecule has 0 spiro atoms. The smallest absolute Gasteiger partial charge is 0.191 e. The summed E-state index contributed by atoms with van der Waals surface area (Å²) in [6.07, 6.45) is -0.362. The largest absolute Gasteiger partial charge is 0.384 e. The third-order valence-corrected chi connectivity index (χ3v) is 3.98. The van der Waals surface area contributed by atoms with Gasteiger partial charge in [0.25, 0.3) is 0 Å². The number of rotatable bonds is 5. The van der Waals surface area contributed by atoms with Crippen LogP contribution in [0.5, 0.6) is 0 Å². The first-order chi connectivity index (χ1) is 10.0. The highest BCUT2D eigenvalue weighted by molar-refractivity contribution is 6.30. The Morgan fingerprint density at radius 3 is 2.19 bits per heavy atom. The van der Waals surface area contributed by atoms with E-state index < -0.39 is 6.10 Å². The van der Waals surface area contributed by atoms with Crippen molar-refractivity contribution in [2.75, 3.05) is 0 Å². The third kappa shape index (κ3) is 3.72. The quantitative estimate of drug-likeness (QED) is 0.832. The monoisotopic (exact) mass is 302 g/mol. The van der Waals surface area contributed by atoms with E-state index in [9.17, 15) is 9.90 Å². The Bertz CT molecular complexity index is 602. The first-order valence-electron chi connectivity index (χ1n) is 7.07. The molecule has 0 aliphatic rings. The number of carbonyl (C=O) groups excluding carboxylic acids is 1. The summed E-state index contributed by atoms with van der Waals surface area (Å²) < 4.78 is 0. The Balaban J connectivity index is 2.23. The normalized spacial score (nSPS) is 13.7. The fourth-order valence-corrected chi connectivity index (χ4v) is 2.55. The van der Waals surface area contributed by atoms with E-state index in [4.69, 9.17) is 11.6 Å². The van der Waals surface area contributed by atoms with Gasteiger partial charge in [-0.15, -0.1) is 0 Å². The molecule has 2 unspecified atom stereocenters. The summed E-state index contributed by atoms with van der Waals surface area (Å²) in [6.45, 7) is 3.93. The zero-order valence-electron chi connectivity index (χ0n) is 12.2. The van der Waals surface area contributed by atoms with Crippen molar-refractivity contribution in [3.63, 3.8) is 0 Å². The van der Waals surface area contributed by atoms with E-state index in [1.54, 1.807) is 24.3 Å². The van der Waals surface area contributed by atoms with Crippen LogP contribution in [0.15, 0.2) is 48.5 Å². The molecule has 0 aliphatic heterocycles. The number of Topliss-reactive ketones (excluding diaryl/α,β-unsaturated/α-hetero) is 1. The van der Waals surface area contributed by atoms with Gasteiger partial charge in [-0.3, -0.25) is 4.79 Å². The molecule has 0 amide bonds. The van der Waals surface area contributed by atoms with Gasteiger partial charge in [-0.25, -0.2) is 0 Å². The molecule has 0 saturated carbocycles. The maximum atomic E-state index is 12.4. The zero-order chi connectivity index (χ0) is 15.4. The van der Waals surface area contributed by atoms with Crippen molar-refractivity contribution < 1.29 is 9.90 Å². The maximum absolute atomic E-state index is 12.4. The maximum Gasteiger partial charge on any atom is 0.191 e. The highest BCUT2D eigenvalue weighted by Crippen LogP contribution is 2.27. The van der Waals surface area contributed by atoms with Crippen molar-refractivity contribution in [1.29, 1.82) is 0 Å². The number of ketones is 1. The minimum atomic E-state index is -1.04. The van der Waals surface area contributed by atoms with Gasteiger partial charge in [-0.05, 0) is 31.0 Å². The Hall–Kier alpha value is -1.64. The Labute approximate surface area is 130 Å². The second kappa shape index (κ2) is 6.88. The molecule has 2 nitrogen and oxygen atoms in total. The predicted octanol–water partition coefficient (Wildman–Crippen LogP) is 4.39. The SMILES string of the molecule is CCC(c1ccc(Cl)cc1)C(O)C(=O)c1ccc(C)cc1. The van der Waals surface area contributed by atoms with Gasteiger partial charge in [0.05, 0.1) is 0 Å². The average molecular weight is 303 g/mol. The Morgan fingerprint density at radius 2 is 1.67 bits per heavy atom. The van der Waals surface area contributed by atoms with E-state index in [1.807, 2.05) is 38.1 Å². The lowest BCUT2D eigenvalue weighted by Gasteiger charge is -2.21. The van der Waals surface area contributed by atoms with Crippen molar-refractivity contribution in [1.82, 2.24) is 0 Å². The fraction of sp³-hybridized carbons (Fsp3) is 0.278. The van der Waals surface area contributed by atoms with Crippen LogP contribution in [0.1, 0.15) is 40.7 Å². The molecule has 21 heavy (non-hydrogen) atoms. The van der Waals surface area contributed by atoms with Crippen molar-refractivity contribution in [3.8, 4) is 0 Å². The molecule has 0 aliphatic carbocycles. The second-order valence-electron chi connectivity index (χ2n) is 5.24. The first-order valence-corrected chi connectivity index (χ1v) is 7.45. The Morgan fingerprint density at radius 1 is 1.10 bits per heavy atom. The molecule has 2 atom stereocenters. The van der Waals surface area contributed by atoms with Crippen LogP contribution in [0.2, 0.25) is 5.02 Å². The van der Waals surface area contributed by atoms with Crippen molar-refractivity contribution in [3.05, 3.63) is 70.2 Å². The molecular formula is C18H19ClO2. The van der Waals surface area contributed by atoms with E-state index in [2.05, 4.69) is 0 Å². The van der Waals surface area contributed by atoms with Gasteiger partial charge in [-0.1, -0.05) is 60.5 Å². The molecule has 0 saturated heterocycles. The van der Waals surface area contributed by atoms with E-state index in [1.165, 1.54) is 0 Å². The number of benzene rings is 2. The summed E-state index contributed by atoms with van der Waals surface area (Å²) in [6, 6.07) is 14.6. The number of halogens is 1. The summed E-state index contributed by atoms with van der Waals surface area (Å²) in [4.78, 5) is 12.4. The van der Waals surface area contributed by atoms with Crippen LogP contribution in [-0.4, -0.2) is 17.0 Å². The van der Waals surface area contributed by atoms with Crippen molar-refractivity contribution >= 4 is 17.4 Å². The van der Waals surface area contributed by atoms with Gasteiger partial charge in [0, 0.05) is 16.5 Å². The average Bonchev–Trinajstić information content (AvgIpc) is 2.50. The van der Waals surface area contributed by atoms with E-state index >= 15 is 0 Å². The molecule has 0 heterocycles. The molecule has 2 aromatic carbocycles. The molecule has 0 aromatic heterocycles. The number of hydrogen-bond acceptors (Lipinski definition) is 2. The van der Waals surface area contributed by atoms with Crippen molar-refractivity contribution in [2.45, 2.75) is 32.3 Å². The van der Waals surface area contributed by atoms with Crippen LogP contribution in [0.25, 0.3) is 0 Å². The fourth-order valence-electron chi connectivity index (χ4n) is 2.42. The molecular weight excluding hydrogens is 284 g/mol. The summed E-state index contributed by atoms with van der Waals surface area (Å²) in [7, 11) is 0. The Kier molecular flexibility index (Phi) is 5.16. The minimum absolute atomic E-state index is 0.226. The molecule has 3 heteroatoms. The number of aliphatic hydroxyl groups excluding tert-OH is 1. The van der Waals surface area contributed by atoms with Gasteiger partial charge >= 0.3 is 0 Å². The van der Waals surface area contributed by atoms with Crippen LogP contribution in [0.4, 0.5) is 0 Å². The molecule has 2 aromatic rings. The summed E-state index contributed by atoms with van der Waals surface area (Å²) in [5.41, 5.74) is 2.56. The standard InChI is InChI=1S/C18H19ClO2/c1-3-16(13-8-10-15(19)11-9-13)18(21)17(20)14-6-4-12(2)5-7-14/h4-11,16,18,21H,3H2,1-2H3. The lowest BCUT2D eigenvalue weighted by Crippen LogP contribution is -2.28. The highest BCUT2D eigenvalue weighted by atomic mass is 35.5. The molecule has 2 rings (SSSR count). The number of aliphatic hydroxyl groups is 1. The number of aryl methyl sites for hydroxylation is 1. The lowest BCUT2D eigenvalue weighted by molar-refractivity contribution is 0.0684. The first kappa shape index (κ1) is 15.7. The van der Waals surface area contributed by atoms with Gasteiger partial charge in [0.1, 0.15) is 6.10 Å². The molecule has 110 valence electrons. The van der Waals surface area contributed by atoms with E-state index in [0.29, 0.717) is 17.0 Å². The molecule has 1 N–H and O–H groups in total. The third-order valence-electron chi connectivity index (χ3n) is 3.72. The van der Waals surface area contributed by atoms with E-state index in [0.717, 1.165) is 11.1 Å². The summed E-state index contributed by atoms with van der Waals surface area (Å²) >= 11 is 5.88. The van der Waals surface area contributed by atoms with E-state index in [-0.39, 0.29) is 11.7 Å². The van der Waals surface area contributed by atoms with Gasteiger partial charge in [0.15, 0.2) is 5.78 Å². The highest BCUT2D eigenvalue weighted by Gasteiger charge is 2.26. The van der Waals surface area contributed by atoms with Gasteiger partial charge in [-0.2, -0.15) is 0 Å². The van der Waals surface area contributed by atoms with Crippen LogP contribution in [0.3, 0.4) is 0 Å². The summed E-state index contributed by atoms with van der Waals surface area (Å²) in [5.74, 6) is -0.465. The van der Waals surface area contributed by atoms with Crippen LogP contribution < -0.4 is 0 Å². The number of hydrogen-bond donors (Lipinski definition) is 1. The molecule has 0 bridgehead atoms. The van der Waals surface area contributed by atoms with Crippen LogP contribution >= 0.6 is 11.6 Å². The van der Waals surface area contributed by atoms with Gasteiger partial charge < -0.3 is 5.11 Å².